The van der Waals surface area contributed by atoms with Gasteiger partial charge in [0.25, 0.3) is 0 Å². The van der Waals surface area contributed by atoms with Crippen molar-refractivity contribution in [1.82, 2.24) is 19.1 Å². The third-order valence-electron chi connectivity index (χ3n) is 14.1. The van der Waals surface area contributed by atoms with Gasteiger partial charge in [-0.05, 0) is 147 Å². The number of para-hydroxylation sites is 1. The molecule has 9 heteroatoms. The van der Waals surface area contributed by atoms with Gasteiger partial charge in [0.15, 0.2) is 5.78 Å². The molecule has 0 saturated heterocycles. The molecule has 0 aliphatic heterocycles. The van der Waals surface area contributed by atoms with Gasteiger partial charge >= 0.3 is 0 Å². The maximum Gasteiger partial charge on any atom is 0.225 e. The lowest BCUT2D eigenvalue weighted by atomic mass is 9.90. The van der Waals surface area contributed by atoms with Gasteiger partial charge in [-0.1, -0.05) is 146 Å². The molecule has 3 aromatic heterocycles. The first-order valence-electron chi connectivity index (χ1n) is 27.7. The lowest BCUT2D eigenvalue weighted by molar-refractivity contribution is 0.0992. The van der Waals surface area contributed by atoms with E-state index in [1.165, 1.54) is 46.4 Å². The molecule has 0 N–H and O–H groups in total. The Morgan fingerprint density at radius 3 is 1.46 bits per heavy atom. The minimum absolute atomic E-state index is 0.103. The number of nitrogens with zero attached hydrogens (tertiary/aromatic N) is 5. The van der Waals surface area contributed by atoms with Crippen molar-refractivity contribution in [1.29, 1.82) is 0 Å². The largest absolute Gasteiger partial charge is 0.344 e. The molecule has 0 amide bonds. The summed E-state index contributed by atoms with van der Waals surface area (Å²) in [4.78, 5) is 25.6. The molecule has 0 radical (unpaired) electrons. The highest BCUT2D eigenvalue weighted by molar-refractivity contribution is 6.08. The van der Waals surface area contributed by atoms with Crippen molar-refractivity contribution in [3.05, 3.63) is 209 Å². The van der Waals surface area contributed by atoms with Crippen LogP contribution in [0.2, 0.25) is 0 Å². The molecule has 406 valence electrons. The fourth-order valence-electron chi connectivity index (χ4n) is 10.6. The SMILES string of the molecule is CC(C)c1c(-c2ccc(F)cc2)c2ccccc2n1C(C)C.CC(C)c1c(C(=O)Cc2ccccc2)c(-c2ccccc2)c(-c2ccc(F)cc2)n1C(C)C.CCN(C)c1nc(-c2ccc(F)cc2)c(C(C)C)c(C(C)C)n1. The molecule has 0 spiro atoms. The van der Waals surface area contributed by atoms with Crippen LogP contribution >= 0.6 is 0 Å². The van der Waals surface area contributed by atoms with E-state index in [2.05, 4.69) is 136 Å². The highest BCUT2D eigenvalue weighted by atomic mass is 19.1. The maximum atomic E-state index is 13.9. The van der Waals surface area contributed by atoms with Crippen molar-refractivity contribution in [2.24, 2.45) is 0 Å². The summed E-state index contributed by atoms with van der Waals surface area (Å²) in [6.45, 7) is 28.9. The van der Waals surface area contributed by atoms with Crippen LogP contribution in [-0.4, -0.2) is 38.5 Å². The predicted octanol–water partition coefficient (Wildman–Crippen LogP) is 19.2. The molecule has 6 nitrogen and oxygen atoms in total. The number of hydrogen-bond donors (Lipinski definition) is 0. The number of carbonyl (C=O) groups is 1. The van der Waals surface area contributed by atoms with Crippen molar-refractivity contribution in [3.8, 4) is 44.8 Å². The zero-order valence-corrected chi connectivity index (χ0v) is 48.2. The second-order valence-electron chi connectivity index (χ2n) is 22.0. The first kappa shape index (κ1) is 58.2. The zero-order valence-electron chi connectivity index (χ0n) is 48.2. The molecule has 0 bridgehead atoms. The Hall–Kier alpha value is -7.52. The molecular formula is C69H78F3N5O. The number of carbonyl (C=O) groups excluding carboxylic acids is 1. The van der Waals surface area contributed by atoms with E-state index in [9.17, 15) is 18.0 Å². The summed E-state index contributed by atoms with van der Waals surface area (Å²) in [6.07, 6.45) is 0.339. The third-order valence-corrected chi connectivity index (χ3v) is 14.1. The Bertz CT molecular complexity index is 3410. The molecule has 0 unspecified atom stereocenters. The van der Waals surface area contributed by atoms with E-state index >= 15 is 0 Å². The lowest BCUT2D eigenvalue weighted by Crippen LogP contribution is -2.21. The average molecular weight is 1050 g/mol. The smallest absolute Gasteiger partial charge is 0.225 e. The van der Waals surface area contributed by atoms with E-state index < -0.39 is 0 Å². The number of anilines is 1. The highest BCUT2D eigenvalue weighted by Gasteiger charge is 2.31. The monoisotopic (exact) mass is 1050 g/mol. The standard InChI is InChI=1S/C30H30FNO.C20H22FN.C19H26FN3/c1-20(2)29-28(26(33)19-22-11-7-5-8-12-22)27(23-13-9-6-10-14-23)30(32(29)21(3)4)24-15-17-25(31)18-16-24;1-13(2)20-19(15-9-11-16(21)12-10-15)17-7-5-6-8-18(17)22(20)14(3)4;1-7-23(6)19-21-17(13(4)5)16(12(2)3)18(22-19)14-8-10-15(20)11-9-14/h5-18,20-21H,19H2,1-4H3;5-14H,1-4H3;8-13H,7H2,1-6H3. The van der Waals surface area contributed by atoms with E-state index in [4.69, 9.17) is 9.97 Å². The Morgan fingerprint density at radius 2 is 0.974 bits per heavy atom. The van der Waals surface area contributed by atoms with Crippen molar-refractivity contribution < 1.29 is 18.0 Å². The van der Waals surface area contributed by atoms with Crippen LogP contribution in [0.3, 0.4) is 0 Å². The van der Waals surface area contributed by atoms with E-state index in [0.29, 0.717) is 30.2 Å². The van der Waals surface area contributed by atoms with Crippen molar-refractivity contribution in [2.45, 2.75) is 132 Å². The molecular weight excluding hydrogens is 972 g/mol. The van der Waals surface area contributed by atoms with E-state index in [-0.39, 0.29) is 35.2 Å². The van der Waals surface area contributed by atoms with Crippen LogP contribution < -0.4 is 4.90 Å². The summed E-state index contributed by atoms with van der Waals surface area (Å²) in [5.41, 5.74) is 15.6. The van der Waals surface area contributed by atoms with Crippen molar-refractivity contribution in [3.63, 3.8) is 0 Å². The van der Waals surface area contributed by atoms with Crippen molar-refractivity contribution >= 4 is 22.6 Å². The van der Waals surface area contributed by atoms with Crippen LogP contribution in [0.15, 0.2) is 158 Å². The summed E-state index contributed by atoms with van der Waals surface area (Å²) < 4.78 is 45.1. The number of benzene rings is 6. The van der Waals surface area contributed by atoms with Gasteiger partial charge in [0.1, 0.15) is 17.5 Å². The minimum atomic E-state index is -0.271. The number of Topliss-reactive ketones (excluding diaryl/α,β-unsaturated/α-hetero) is 1. The number of halogens is 3. The van der Waals surface area contributed by atoms with Gasteiger partial charge in [0.2, 0.25) is 5.95 Å². The van der Waals surface area contributed by atoms with Gasteiger partial charge in [-0.15, -0.1) is 0 Å². The predicted molar refractivity (Wildman–Crippen MR) is 321 cm³/mol. The number of hydrogen-bond acceptors (Lipinski definition) is 4. The average Bonchev–Trinajstić information content (AvgIpc) is 4.10. The summed E-state index contributed by atoms with van der Waals surface area (Å²) in [5.74, 6) is 1.27. The van der Waals surface area contributed by atoms with Crippen LogP contribution in [0.4, 0.5) is 19.1 Å². The Kier molecular flexibility index (Phi) is 19.2. The highest BCUT2D eigenvalue weighted by Crippen LogP contribution is 2.45. The van der Waals surface area contributed by atoms with Crippen LogP contribution in [0.25, 0.3) is 55.7 Å². The van der Waals surface area contributed by atoms with E-state index in [0.717, 1.165) is 79.8 Å². The number of ketones is 1. The molecule has 0 aliphatic rings. The van der Waals surface area contributed by atoms with Gasteiger partial charge in [0, 0.05) is 82.2 Å². The van der Waals surface area contributed by atoms with Crippen LogP contribution in [0.5, 0.6) is 0 Å². The molecule has 0 atom stereocenters. The molecule has 0 aliphatic carbocycles. The maximum absolute atomic E-state index is 13.9. The topological polar surface area (TPSA) is 56.0 Å². The zero-order chi connectivity index (χ0) is 56.5. The third kappa shape index (κ3) is 12.9. The van der Waals surface area contributed by atoms with E-state index in [1.54, 1.807) is 24.3 Å². The van der Waals surface area contributed by atoms with Gasteiger partial charge in [-0.3, -0.25) is 4.79 Å². The van der Waals surface area contributed by atoms with Crippen LogP contribution in [-0.2, 0) is 6.42 Å². The van der Waals surface area contributed by atoms with Gasteiger partial charge in [0.05, 0.1) is 17.1 Å². The minimum Gasteiger partial charge on any atom is -0.344 e. The molecule has 0 fully saturated rings. The normalized spacial score (nSPS) is 11.5. The molecule has 0 saturated carbocycles. The molecule has 78 heavy (non-hydrogen) atoms. The molecule has 9 rings (SSSR count). The van der Waals surface area contributed by atoms with E-state index in [1.807, 2.05) is 84.7 Å². The molecule has 6 aromatic carbocycles. The summed E-state index contributed by atoms with van der Waals surface area (Å²) in [5, 5.41) is 1.24. The Balaban J connectivity index is 0.000000175. The van der Waals surface area contributed by atoms with Gasteiger partial charge < -0.3 is 14.0 Å². The number of aromatic nitrogens is 4. The summed E-state index contributed by atoms with van der Waals surface area (Å²) in [6, 6.07) is 49.0. The Labute approximate surface area is 462 Å². The Morgan fingerprint density at radius 1 is 0.500 bits per heavy atom. The number of rotatable bonds is 15. The van der Waals surface area contributed by atoms with Crippen molar-refractivity contribution in [2.75, 3.05) is 18.5 Å². The fraction of sp³-hybridized carbons (Fsp3) is 0.319. The molecule has 3 heterocycles. The second kappa shape index (κ2) is 25.8. The number of fused-ring (bicyclic) bond motifs is 1. The first-order valence-corrected chi connectivity index (χ1v) is 27.7. The fourth-order valence-corrected chi connectivity index (χ4v) is 10.6. The first-order chi connectivity index (χ1) is 37.2. The van der Waals surface area contributed by atoms with Crippen LogP contribution in [0.1, 0.15) is 164 Å². The van der Waals surface area contributed by atoms with Gasteiger partial charge in [-0.2, -0.15) is 0 Å². The van der Waals surface area contributed by atoms with Crippen LogP contribution in [0, 0.1) is 17.5 Å². The summed E-state index contributed by atoms with van der Waals surface area (Å²) in [7, 11) is 1.99. The summed E-state index contributed by atoms with van der Waals surface area (Å²) >= 11 is 0. The molecule has 9 aromatic rings. The van der Waals surface area contributed by atoms with Gasteiger partial charge in [-0.25, -0.2) is 23.1 Å². The quantitative estimate of drug-likeness (QED) is 0.0960. The second-order valence-corrected chi connectivity index (χ2v) is 22.0. The lowest BCUT2D eigenvalue weighted by Gasteiger charge is -2.23.